The summed E-state index contributed by atoms with van der Waals surface area (Å²) in [7, 11) is 0. The number of nitrogens with zero attached hydrogens (tertiary/aromatic N) is 2. The van der Waals surface area contributed by atoms with Crippen LogP contribution in [0.2, 0.25) is 0 Å². The molecule has 0 radical (unpaired) electrons. The second-order valence-electron chi connectivity index (χ2n) is 8.20. The van der Waals surface area contributed by atoms with Crippen LogP contribution in [0.4, 0.5) is 23.2 Å². The lowest BCUT2D eigenvalue weighted by Gasteiger charge is -2.24. The van der Waals surface area contributed by atoms with Crippen LogP contribution in [-0.4, -0.2) is 40.5 Å². The zero-order chi connectivity index (χ0) is 22.0. The molecular formula is C19H22F4N4O3. The number of nitrogens with two attached hydrogens (primary N) is 1. The van der Waals surface area contributed by atoms with Crippen molar-refractivity contribution in [2.75, 3.05) is 24.5 Å². The Morgan fingerprint density at radius 1 is 1.20 bits per heavy atom. The van der Waals surface area contributed by atoms with E-state index in [1.807, 2.05) is 0 Å². The maximum atomic E-state index is 15.2. The Morgan fingerprint density at radius 3 is 2.40 bits per heavy atom. The van der Waals surface area contributed by atoms with Crippen molar-refractivity contribution in [1.29, 1.82) is 0 Å². The van der Waals surface area contributed by atoms with Crippen LogP contribution in [0.1, 0.15) is 30.9 Å². The Kier molecular flexibility index (Phi) is 4.83. The largest absolute Gasteiger partial charge is 0.504 e. The van der Waals surface area contributed by atoms with Crippen molar-refractivity contribution >= 4 is 16.6 Å². The maximum Gasteiger partial charge on any atom is 0.389 e. The van der Waals surface area contributed by atoms with Gasteiger partial charge < -0.3 is 15.7 Å². The normalized spacial score (nSPS) is 22.3. The van der Waals surface area contributed by atoms with Gasteiger partial charge in [-0.15, -0.1) is 0 Å². The molecular weight excluding hydrogens is 408 g/mol. The van der Waals surface area contributed by atoms with Crippen molar-refractivity contribution in [3.63, 3.8) is 0 Å². The van der Waals surface area contributed by atoms with E-state index in [0.717, 1.165) is 0 Å². The Morgan fingerprint density at radius 2 is 1.83 bits per heavy atom. The highest BCUT2D eigenvalue weighted by molar-refractivity contribution is 5.92. The van der Waals surface area contributed by atoms with E-state index in [2.05, 4.69) is 4.98 Å². The minimum absolute atomic E-state index is 0.00390. The summed E-state index contributed by atoms with van der Waals surface area (Å²) in [5.74, 6) is -3.33. The summed E-state index contributed by atoms with van der Waals surface area (Å²) in [6.07, 6.45) is -4.04. The van der Waals surface area contributed by atoms with Crippen LogP contribution in [0.3, 0.4) is 0 Å². The van der Waals surface area contributed by atoms with E-state index in [1.165, 1.54) is 16.4 Å². The summed E-state index contributed by atoms with van der Waals surface area (Å²) in [4.78, 5) is 28.2. The number of alkyl halides is 3. The smallest absolute Gasteiger partial charge is 0.389 e. The molecule has 4 N–H and O–H groups in total. The highest BCUT2D eigenvalue weighted by Crippen LogP contribution is 2.44. The van der Waals surface area contributed by atoms with Gasteiger partial charge in [0.25, 0.3) is 5.56 Å². The van der Waals surface area contributed by atoms with Crippen LogP contribution in [-0.2, 0) is 0 Å². The molecule has 164 valence electrons. The first kappa shape index (κ1) is 20.7. The Labute approximate surface area is 168 Å². The molecule has 1 aliphatic carbocycles. The predicted molar refractivity (Wildman–Crippen MR) is 102 cm³/mol. The summed E-state index contributed by atoms with van der Waals surface area (Å²) in [6, 6.07) is -0.179. The molecule has 1 aromatic heterocycles. The van der Waals surface area contributed by atoms with Crippen molar-refractivity contribution in [2.45, 2.75) is 38.4 Å². The second kappa shape index (κ2) is 7.00. The summed E-state index contributed by atoms with van der Waals surface area (Å²) >= 11 is 0. The van der Waals surface area contributed by atoms with E-state index in [0.29, 0.717) is 12.8 Å². The molecule has 11 heteroatoms. The van der Waals surface area contributed by atoms with Gasteiger partial charge in [-0.2, -0.15) is 13.2 Å². The SMILES string of the molecule is Cc1c(N2CC(CN)C(CC(F)(F)F)C2)c(F)c(O)c2c(=O)[nH]c(=O)n(C3CC3)c12. The highest BCUT2D eigenvalue weighted by Gasteiger charge is 2.42. The first-order chi connectivity index (χ1) is 14.0. The molecule has 0 spiro atoms. The first-order valence-electron chi connectivity index (χ1n) is 9.74. The third-order valence-electron chi connectivity index (χ3n) is 6.11. The Hall–Kier alpha value is -2.56. The molecule has 1 aliphatic heterocycles. The quantitative estimate of drug-likeness (QED) is 0.645. The number of hydrogen-bond donors (Lipinski definition) is 3. The van der Waals surface area contributed by atoms with Crippen molar-refractivity contribution in [1.82, 2.24) is 9.55 Å². The number of anilines is 1. The van der Waals surface area contributed by atoms with Crippen molar-refractivity contribution in [3.8, 4) is 5.75 Å². The van der Waals surface area contributed by atoms with Gasteiger partial charge in [-0.1, -0.05) is 0 Å². The lowest BCUT2D eigenvalue weighted by Crippen LogP contribution is -2.31. The molecule has 2 unspecified atom stereocenters. The van der Waals surface area contributed by atoms with Gasteiger partial charge in [0, 0.05) is 31.1 Å². The lowest BCUT2D eigenvalue weighted by molar-refractivity contribution is -0.145. The van der Waals surface area contributed by atoms with Gasteiger partial charge in [0.15, 0.2) is 11.6 Å². The van der Waals surface area contributed by atoms with Crippen LogP contribution in [0, 0.1) is 24.6 Å². The fourth-order valence-electron chi connectivity index (χ4n) is 4.61. The van der Waals surface area contributed by atoms with Gasteiger partial charge in [-0.3, -0.25) is 14.3 Å². The molecule has 4 rings (SSSR count). The van der Waals surface area contributed by atoms with Gasteiger partial charge in [-0.25, -0.2) is 9.18 Å². The lowest BCUT2D eigenvalue weighted by atomic mass is 9.93. The molecule has 0 bridgehead atoms. The van der Waals surface area contributed by atoms with Crippen LogP contribution in [0.5, 0.6) is 5.75 Å². The molecule has 2 atom stereocenters. The van der Waals surface area contributed by atoms with Gasteiger partial charge in [-0.05, 0) is 38.1 Å². The third kappa shape index (κ3) is 3.34. The van der Waals surface area contributed by atoms with Crippen LogP contribution in [0.25, 0.3) is 10.9 Å². The average Bonchev–Trinajstić information content (AvgIpc) is 3.39. The molecule has 2 aliphatic rings. The van der Waals surface area contributed by atoms with Crippen molar-refractivity contribution in [2.24, 2.45) is 17.6 Å². The van der Waals surface area contributed by atoms with Gasteiger partial charge >= 0.3 is 11.9 Å². The number of aromatic hydroxyl groups is 1. The van der Waals surface area contributed by atoms with Crippen molar-refractivity contribution < 1.29 is 22.7 Å². The topological polar surface area (TPSA) is 104 Å². The molecule has 2 heterocycles. The summed E-state index contributed by atoms with van der Waals surface area (Å²) < 4.78 is 55.4. The fourth-order valence-corrected chi connectivity index (χ4v) is 4.61. The van der Waals surface area contributed by atoms with Gasteiger partial charge in [0.2, 0.25) is 0 Å². The third-order valence-corrected chi connectivity index (χ3v) is 6.11. The summed E-state index contributed by atoms with van der Waals surface area (Å²) in [6.45, 7) is 1.49. The van der Waals surface area contributed by atoms with Crippen LogP contribution < -0.4 is 21.9 Å². The standard InChI is InChI=1S/C19H22F4N4O3/c1-8-14-12(17(29)25-18(30)27(14)11-2-3-11)16(28)13(20)15(8)26-6-9(4-19(21,22)23)10(5-24)7-26/h9-11,28H,2-7,24H2,1H3,(H,25,29,30). The Balaban J connectivity index is 1.89. The molecule has 2 fully saturated rings. The van der Waals surface area contributed by atoms with Gasteiger partial charge in [0.1, 0.15) is 5.39 Å². The number of benzene rings is 1. The zero-order valence-electron chi connectivity index (χ0n) is 16.2. The molecule has 1 aromatic carbocycles. The molecule has 0 amide bonds. The molecule has 7 nitrogen and oxygen atoms in total. The number of rotatable bonds is 4. The minimum atomic E-state index is -4.38. The van der Waals surface area contributed by atoms with E-state index in [1.54, 1.807) is 0 Å². The zero-order valence-corrected chi connectivity index (χ0v) is 16.2. The number of H-pyrrole nitrogens is 1. The van der Waals surface area contributed by atoms with Crippen molar-refractivity contribution in [3.05, 3.63) is 32.2 Å². The van der Waals surface area contributed by atoms with E-state index in [9.17, 15) is 27.9 Å². The number of nitrogens with one attached hydrogen (secondary N) is 1. The molecule has 1 saturated carbocycles. The predicted octanol–water partition coefficient (Wildman–Crippen LogP) is 2.14. The average molecular weight is 430 g/mol. The number of phenolic OH excluding ortho intramolecular Hbond substituents is 1. The molecule has 2 aromatic rings. The molecule has 1 saturated heterocycles. The number of phenols is 1. The second-order valence-corrected chi connectivity index (χ2v) is 8.20. The number of hydrogen-bond acceptors (Lipinski definition) is 5. The maximum absolute atomic E-state index is 15.2. The van der Waals surface area contributed by atoms with Gasteiger partial charge in [0.05, 0.1) is 11.2 Å². The van der Waals surface area contributed by atoms with Crippen LogP contribution in [0.15, 0.2) is 9.59 Å². The molecule has 30 heavy (non-hydrogen) atoms. The minimum Gasteiger partial charge on any atom is -0.504 e. The van der Waals surface area contributed by atoms with Crippen LogP contribution >= 0.6 is 0 Å². The number of aryl methyl sites for hydroxylation is 1. The monoisotopic (exact) mass is 430 g/mol. The fraction of sp³-hybridized carbons (Fsp3) is 0.579. The number of aromatic amines is 1. The summed E-state index contributed by atoms with van der Waals surface area (Å²) in [5, 5.41) is 10.1. The highest BCUT2D eigenvalue weighted by atomic mass is 19.4. The Bertz CT molecular complexity index is 1120. The first-order valence-corrected chi connectivity index (χ1v) is 9.74. The van der Waals surface area contributed by atoms with E-state index < -0.39 is 47.2 Å². The van der Waals surface area contributed by atoms with E-state index in [-0.39, 0.29) is 47.8 Å². The summed E-state index contributed by atoms with van der Waals surface area (Å²) in [5.41, 5.74) is 4.35. The van der Waals surface area contributed by atoms with E-state index >= 15 is 4.39 Å². The number of fused-ring (bicyclic) bond motifs is 1. The number of aromatic nitrogens is 2. The van der Waals surface area contributed by atoms with E-state index in [4.69, 9.17) is 5.73 Å². The number of halogens is 4.